The third-order valence-electron chi connectivity index (χ3n) is 13.9. The maximum Gasteiger partial charge on any atom is 0.0588 e. The highest BCUT2D eigenvalue weighted by Gasteiger charge is 2.37. The van der Waals surface area contributed by atoms with E-state index in [0.717, 1.165) is 12.8 Å². The molecule has 0 radical (unpaired) electrons. The Morgan fingerprint density at radius 3 is 1.87 bits per heavy atom. The van der Waals surface area contributed by atoms with Gasteiger partial charge in [-0.1, -0.05) is 178 Å². The summed E-state index contributed by atoms with van der Waals surface area (Å²) in [5.41, 5.74) is 17.0. The van der Waals surface area contributed by atoms with Gasteiger partial charge in [-0.2, -0.15) is 0 Å². The van der Waals surface area contributed by atoms with Gasteiger partial charge in [0.2, 0.25) is 0 Å². The van der Waals surface area contributed by atoms with Gasteiger partial charge in [-0.25, -0.2) is 0 Å². The predicted octanol–water partition coefficient (Wildman–Crippen LogP) is 15.6. The monoisotopic (exact) mass is 767 g/mol. The highest BCUT2D eigenvalue weighted by Crippen LogP contribution is 2.55. The van der Waals surface area contributed by atoms with Crippen LogP contribution >= 0.6 is 0 Å². The number of hydrogen-bond donors (Lipinski definition) is 0. The summed E-state index contributed by atoms with van der Waals surface area (Å²) in [7, 11) is 0. The molecule has 60 heavy (non-hydrogen) atoms. The molecule has 0 amide bonds. The number of hydrogen-bond acceptors (Lipinski definition) is 1. The van der Waals surface area contributed by atoms with Gasteiger partial charge in [0.25, 0.3) is 0 Å². The van der Waals surface area contributed by atoms with E-state index < -0.39 is 0 Å². The fourth-order valence-corrected chi connectivity index (χ4v) is 11.1. The zero-order valence-corrected chi connectivity index (χ0v) is 34.1. The fourth-order valence-electron chi connectivity index (χ4n) is 11.1. The van der Waals surface area contributed by atoms with Crippen LogP contribution in [-0.2, 0) is 11.8 Å². The van der Waals surface area contributed by atoms with Gasteiger partial charge < -0.3 is 4.90 Å². The quantitative estimate of drug-likeness (QED) is 0.161. The van der Waals surface area contributed by atoms with E-state index in [9.17, 15) is 0 Å². The third-order valence-corrected chi connectivity index (χ3v) is 13.9. The van der Waals surface area contributed by atoms with Gasteiger partial charge in [0.15, 0.2) is 0 Å². The van der Waals surface area contributed by atoms with Gasteiger partial charge in [-0.05, 0) is 143 Å². The van der Waals surface area contributed by atoms with E-state index in [1.165, 1.54) is 105 Å². The molecule has 3 aliphatic rings. The molecule has 0 N–H and O–H groups in total. The Morgan fingerprint density at radius 2 is 1.07 bits per heavy atom. The van der Waals surface area contributed by atoms with Crippen molar-refractivity contribution in [1.29, 1.82) is 0 Å². The fraction of sp³-hybridized carbons (Fsp3) is 0.119. The lowest BCUT2D eigenvalue weighted by molar-refractivity contribution is 0.535. The number of fused-ring (bicyclic) bond motifs is 9. The average Bonchev–Trinajstić information content (AvgIpc) is 3.41. The van der Waals surface area contributed by atoms with Crippen molar-refractivity contribution in [3.63, 3.8) is 0 Å². The minimum Gasteiger partial charge on any atom is -0.334 e. The van der Waals surface area contributed by atoms with Crippen LogP contribution in [0.2, 0.25) is 0 Å². The smallest absolute Gasteiger partial charge is 0.0588 e. The Hall–Kier alpha value is -6.96. The van der Waals surface area contributed by atoms with Gasteiger partial charge in [0, 0.05) is 22.7 Å². The van der Waals surface area contributed by atoms with Gasteiger partial charge in [0.05, 0.1) is 6.04 Å². The van der Waals surface area contributed by atoms with Crippen LogP contribution in [0.25, 0.3) is 76.8 Å². The number of allylic oxidation sites excluding steroid dienone is 2. The minimum atomic E-state index is -0.135. The van der Waals surface area contributed by atoms with E-state index in [2.05, 4.69) is 219 Å². The van der Waals surface area contributed by atoms with E-state index in [0.29, 0.717) is 5.92 Å². The van der Waals surface area contributed by atoms with Crippen molar-refractivity contribution in [2.24, 2.45) is 5.92 Å². The summed E-state index contributed by atoms with van der Waals surface area (Å²) in [6.45, 7) is 4.81. The molecule has 2 aliphatic carbocycles. The van der Waals surface area contributed by atoms with Crippen molar-refractivity contribution >= 4 is 43.7 Å². The first-order chi connectivity index (χ1) is 29.5. The summed E-state index contributed by atoms with van der Waals surface area (Å²) in [6, 6.07) is 66.6. The molecule has 1 aliphatic heterocycles. The second-order valence-electron chi connectivity index (χ2n) is 17.5. The largest absolute Gasteiger partial charge is 0.334 e. The summed E-state index contributed by atoms with van der Waals surface area (Å²) in [5, 5.41) is 7.74. The maximum atomic E-state index is 2.58. The van der Waals surface area contributed by atoms with Gasteiger partial charge in [-0.15, -0.1) is 0 Å². The van der Waals surface area contributed by atoms with Gasteiger partial charge >= 0.3 is 0 Å². The molecule has 1 heterocycles. The summed E-state index contributed by atoms with van der Waals surface area (Å²) >= 11 is 0. The lowest BCUT2D eigenvalue weighted by atomic mass is 9.78. The Bertz CT molecular complexity index is 3240. The number of rotatable bonds is 4. The summed E-state index contributed by atoms with van der Waals surface area (Å²) in [4.78, 5) is 2.58. The molecular weight excluding hydrogens is 723 g/mol. The van der Waals surface area contributed by atoms with Crippen molar-refractivity contribution in [3.8, 4) is 44.5 Å². The zero-order valence-electron chi connectivity index (χ0n) is 34.1. The molecule has 0 fully saturated rings. The molecule has 0 saturated heterocycles. The topological polar surface area (TPSA) is 3.24 Å². The van der Waals surface area contributed by atoms with Crippen molar-refractivity contribution in [1.82, 2.24) is 0 Å². The first kappa shape index (κ1) is 35.0. The standard InChI is InChI=1S/C59H45N/c1-59(2)52-27-15-14-26-49(52)58-45-23-11-10-22-44(45)51(37-53(58)59)57-47-25-13-12-24-46(47)56(39-18-5-3-6-19-39)48-33-31-41(36-50(48)57)40-32-34-55-42(35-40)30-29-38-17-9-16-28-54(38)60(55)43-20-7-4-8-21-43/h3-28,31-38,54H,29-30H2,1-2H3. The zero-order chi connectivity index (χ0) is 40.0. The van der Waals surface area contributed by atoms with Crippen LogP contribution < -0.4 is 4.90 Å². The van der Waals surface area contributed by atoms with Crippen LogP contribution in [0.15, 0.2) is 200 Å². The molecule has 2 unspecified atom stereocenters. The molecule has 0 bridgehead atoms. The normalized spacial score (nSPS) is 17.3. The third kappa shape index (κ3) is 5.25. The Labute approximate surface area is 352 Å². The van der Waals surface area contributed by atoms with Crippen LogP contribution in [0, 0.1) is 5.92 Å². The maximum absolute atomic E-state index is 2.58. The van der Waals surface area contributed by atoms with E-state index >= 15 is 0 Å². The van der Waals surface area contributed by atoms with Crippen LogP contribution in [0.4, 0.5) is 11.4 Å². The highest BCUT2D eigenvalue weighted by molar-refractivity contribution is 6.25. The molecule has 2 atom stereocenters. The number of benzene rings is 9. The van der Waals surface area contributed by atoms with Crippen LogP contribution in [0.3, 0.4) is 0 Å². The van der Waals surface area contributed by atoms with Gasteiger partial charge in [-0.3, -0.25) is 0 Å². The predicted molar refractivity (Wildman–Crippen MR) is 255 cm³/mol. The Balaban J connectivity index is 1.13. The van der Waals surface area contributed by atoms with Crippen molar-refractivity contribution in [2.75, 3.05) is 4.90 Å². The van der Waals surface area contributed by atoms with Crippen LogP contribution in [-0.4, -0.2) is 6.04 Å². The SMILES string of the molecule is CC1(C)c2ccccc2-c2c1cc(-c1c3ccccc3c(-c3ccccc3)c3ccc(-c4ccc5c(c4)CCC4C=CC=CC4N5c4ccccc4)cc13)c1ccccc21. The molecule has 9 aromatic rings. The number of anilines is 2. The number of nitrogens with zero attached hydrogens (tertiary/aromatic N) is 1. The molecule has 286 valence electrons. The number of aryl methyl sites for hydroxylation is 1. The minimum absolute atomic E-state index is 0.135. The second-order valence-corrected chi connectivity index (χ2v) is 17.5. The van der Waals surface area contributed by atoms with Crippen molar-refractivity contribution < 1.29 is 0 Å². The van der Waals surface area contributed by atoms with Crippen molar-refractivity contribution in [3.05, 3.63) is 217 Å². The number of para-hydroxylation sites is 1. The first-order valence-electron chi connectivity index (χ1n) is 21.6. The van der Waals surface area contributed by atoms with E-state index in [1.807, 2.05) is 0 Å². The molecule has 12 rings (SSSR count). The molecule has 1 nitrogen and oxygen atoms in total. The van der Waals surface area contributed by atoms with Gasteiger partial charge in [0.1, 0.15) is 0 Å². The molecular formula is C59H45N. The van der Waals surface area contributed by atoms with Crippen molar-refractivity contribution in [2.45, 2.75) is 38.1 Å². The lowest BCUT2D eigenvalue weighted by Crippen LogP contribution is -2.35. The molecule has 1 heteroatoms. The van der Waals surface area contributed by atoms with Crippen LogP contribution in [0.1, 0.15) is 37.0 Å². The Kier molecular flexibility index (Phi) is 7.91. The first-order valence-corrected chi connectivity index (χ1v) is 21.6. The summed E-state index contributed by atoms with van der Waals surface area (Å²) < 4.78 is 0. The average molecular weight is 768 g/mol. The highest BCUT2D eigenvalue weighted by atomic mass is 15.2. The molecule has 9 aromatic carbocycles. The van der Waals surface area contributed by atoms with E-state index in [4.69, 9.17) is 0 Å². The van der Waals surface area contributed by atoms with E-state index in [1.54, 1.807) is 0 Å². The Morgan fingerprint density at radius 1 is 0.450 bits per heavy atom. The lowest BCUT2D eigenvalue weighted by Gasteiger charge is -2.36. The summed E-state index contributed by atoms with van der Waals surface area (Å²) in [6.07, 6.45) is 11.4. The van der Waals surface area contributed by atoms with Crippen LogP contribution in [0.5, 0.6) is 0 Å². The molecule has 0 aromatic heterocycles. The molecule has 0 saturated carbocycles. The molecule has 0 spiro atoms. The summed E-state index contributed by atoms with van der Waals surface area (Å²) in [5.74, 6) is 0.457. The second kappa shape index (κ2) is 13.5. The van der Waals surface area contributed by atoms with E-state index in [-0.39, 0.29) is 11.5 Å².